The van der Waals surface area contributed by atoms with Gasteiger partial charge in [-0.15, -0.1) is 0 Å². The number of carbonyl (C=O) groups excluding carboxylic acids is 6. The molecule has 3 saturated heterocycles. The van der Waals surface area contributed by atoms with Crippen LogP contribution < -0.4 is 10.6 Å². The molecule has 4 amide bonds. The Balaban J connectivity index is 0.000000845. The van der Waals surface area contributed by atoms with Crippen LogP contribution in [0.5, 0.6) is 0 Å². The first-order valence-corrected chi connectivity index (χ1v) is 21.8. The highest BCUT2D eigenvalue weighted by molar-refractivity contribution is 5.99. The van der Waals surface area contributed by atoms with Crippen molar-refractivity contribution in [2.45, 2.75) is 152 Å². The Morgan fingerprint density at radius 1 is 0.833 bits per heavy atom. The third kappa shape index (κ3) is 20.0. The van der Waals surface area contributed by atoms with E-state index >= 15 is 0 Å². The van der Waals surface area contributed by atoms with Crippen molar-refractivity contribution < 1.29 is 47.7 Å². The average Bonchev–Trinajstić information content (AvgIpc) is 3.48. The van der Waals surface area contributed by atoms with E-state index in [2.05, 4.69) is 70.8 Å². The van der Waals surface area contributed by atoms with E-state index in [4.69, 9.17) is 14.2 Å². The Hall–Kier alpha value is -4.04. The maximum Gasteiger partial charge on any atom is 0.306 e. The second kappa shape index (κ2) is 30.1. The minimum atomic E-state index is -0.845. The second-order valence-electron chi connectivity index (χ2n) is 16.6. The smallest absolute Gasteiger partial charge is 0.306 e. The Kier molecular flexibility index (Phi) is 28.0. The van der Waals surface area contributed by atoms with E-state index in [1.54, 1.807) is 44.6 Å². The van der Waals surface area contributed by atoms with Crippen molar-refractivity contribution in [3.8, 4) is 0 Å². The van der Waals surface area contributed by atoms with Crippen molar-refractivity contribution in [2.75, 3.05) is 34.9 Å². The lowest BCUT2D eigenvalue weighted by Crippen LogP contribution is -2.63. The number of hydrazine groups is 1. The minimum Gasteiger partial charge on any atom is -0.469 e. The highest BCUT2D eigenvalue weighted by Gasteiger charge is 2.44. The molecule has 0 spiro atoms. The molecule has 3 aliphatic rings. The molecule has 3 fully saturated rings. The van der Waals surface area contributed by atoms with Crippen LogP contribution >= 0.6 is 0 Å². The monoisotopic (exact) mass is 849 g/mol. The van der Waals surface area contributed by atoms with Gasteiger partial charge in [-0.1, -0.05) is 100 Å². The zero-order valence-corrected chi connectivity index (χ0v) is 39.5. The van der Waals surface area contributed by atoms with E-state index in [-0.39, 0.29) is 60.8 Å². The molecule has 1 aromatic rings. The lowest BCUT2D eigenvalue weighted by molar-refractivity contribution is -0.175. The summed E-state index contributed by atoms with van der Waals surface area (Å²) in [5.74, 6) is 2.35. The number of cyclic esters (lactones) is 1. The van der Waals surface area contributed by atoms with E-state index in [1.165, 1.54) is 37.0 Å². The van der Waals surface area contributed by atoms with Crippen LogP contribution in [0.4, 0.5) is 0 Å². The summed E-state index contributed by atoms with van der Waals surface area (Å²) in [7, 11) is 5.95. The van der Waals surface area contributed by atoms with Crippen LogP contribution in [-0.4, -0.2) is 105 Å². The van der Waals surface area contributed by atoms with Crippen LogP contribution in [0, 0.1) is 35.5 Å². The number of carbonyl (C=O) groups is 6. The highest BCUT2D eigenvalue weighted by Crippen LogP contribution is 2.25. The molecule has 1 aromatic carbocycles. The average molecular weight is 849 g/mol. The summed E-state index contributed by atoms with van der Waals surface area (Å²) >= 11 is 0. The quantitative estimate of drug-likeness (QED) is 0.162. The molecule has 3 heterocycles. The number of benzene rings is 1. The van der Waals surface area contributed by atoms with Gasteiger partial charge in [-0.05, 0) is 62.0 Å². The normalized spacial score (nSPS) is 21.1. The highest BCUT2D eigenvalue weighted by atomic mass is 16.7. The summed E-state index contributed by atoms with van der Waals surface area (Å²) in [6.07, 6.45) is 4.82. The van der Waals surface area contributed by atoms with Crippen LogP contribution in [0.15, 0.2) is 30.3 Å². The SMILES string of the molecule is CC1OC(=O)C[C@@H]1C.CC[C@H](C)C(C)C.CC[C@H](C)C(C)C.CNC(=O)[C@@H]1CCCN2C(=O)CC[C@H](NC(=O)c3ccccc3)C(=O)N12.COC(=O)C[C@H](C)C(OC)OC. The molecule has 1 unspecified atom stereocenters. The fourth-order valence-corrected chi connectivity index (χ4v) is 6.15. The third-order valence-electron chi connectivity index (χ3n) is 11.6. The first-order chi connectivity index (χ1) is 28.2. The molecular formula is C46H80N4O10. The number of amides is 4. The Labute approximate surface area is 361 Å². The molecule has 2 N–H and O–H groups in total. The molecule has 14 nitrogen and oxygen atoms in total. The van der Waals surface area contributed by atoms with Crippen molar-refractivity contribution >= 4 is 35.6 Å². The zero-order chi connectivity index (χ0) is 46.1. The van der Waals surface area contributed by atoms with Crippen LogP contribution in [0.1, 0.15) is 138 Å². The first-order valence-electron chi connectivity index (χ1n) is 21.8. The zero-order valence-electron chi connectivity index (χ0n) is 39.5. The van der Waals surface area contributed by atoms with Crippen molar-refractivity contribution in [1.82, 2.24) is 20.7 Å². The van der Waals surface area contributed by atoms with Gasteiger partial charge in [-0.25, -0.2) is 5.01 Å². The molecule has 0 bridgehead atoms. The molecular weight excluding hydrogens is 769 g/mol. The topological polar surface area (TPSA) is 170 Å². The van der Waals surface area contributed by atoms with Crippen molar-refractivity contribution in [3.05, 3.63) is 35.9 Å². The summed E-state index contributed by atoms with van der Waals surface area (Å²) in [4.78, 5) is 71.4. The number of likely N-dealkylation sites (N-methyl/N-ethyl adjacent to an activating group) is 1. The maximum absolute atomic E-state index is 13.1. The Bertz CT molecular complexity index is 1390. The van der Waals surface area contributed by atoms with E-state index < -0.39 is 18.0 Å². The molecule has 0 radical (unpaired) electrons. The Morgan fingerprint density at radius 2 is 1.38 bits per heavy atom. The lowest BCUT2D eigenvalue weighted by Gasteiger charge is -2.42. The van der Waals surface area contributed by atoms with Crippen LogP contribution in [0.3, 0.4) is 0 Å². The van der Waals surface area contributed by atoms with Gasteiger partial charge in [0.2, 0.25) is 11.8 Å². The molecule has 0 aromatic heterocycles. The van der Waals surface area contributed by atoms with Crippen molar-refractivity contribution in [3.63, 3.8) is 0 Å². The van der Waals surface area contributed by atoms with Gasteiger partial charge in [0.15, 0.2) is 6.29 Å². The largest absolute Gasteiger partial charge is 0.469 e. The lowest BCUT2D eigenvalue weighted by atomic mass is 9.96. The van der Waals surface area contributed by atoms with Gasteiger partial charge < -0.3 is 29.6 Å². The fraction of sp³-hybridized carbons (Fsp3) is 0.739. The summed E-state index contributed by atoms with van der Waals surface area (Å²) in [5, 5.41) is 7.87. The number of nitrogens with zero attached hydrogens (tertiary/aromatic N) is 2. The van der Waals surface area contributed by atoms with Crippen molar-refractivity contribution in [1.29, 1.82) is 0 Å². The molecule has 344 valence electrons. The predicted octanol–water partition coefficient (Wildman–Crippen LogP) is 7.20. The number of hydrogen-bond donors (Lipinski definition) is 2. The van der Waals surface area contributed by atoms with E-state index in [1.807, 2.05) is 20.8 Å². The molecule has 3 aliphatic heterocycles. The number of nitrogens with one attached hydrogen (secondary N) is 2. The van der Waals surface area contributed by atoms with Gasteiger partial charge in [0.25, 0.3) is 11.8 Å². The summed E-state index contributed by atoms with van der Waals surface area (Å²) in [6.45, 7) is 24.4. The van der Waals surface area contributed by atoms with Gasteiger partial charge >= 0.3 is 11.9 Å². The number of ether oxygens (including phenoxy) is 4. The van der Waals surface area contributed by atoms with Crippen LogP contribution in [0.25, 0.3) is 0 Å². The Morgan fingerprint density at radius 3 is 1.77 bits per heavy atom. The van der Waals surface area contributed by atoms with Gasteiger partial charge in [0.05, 0.1) is 20.0 Å². The fourth-order valence-electron chi connectivity index (χ4n) is 6.15. The van der Waals surface area contributed by atoms with E-state index in [0.29, 0.717) is 43.7 Å². The number of fused-ring (bicyclic) bond motifs is 1. The second-order valence-corrected chi connectivity index (χ2v) is 16.6. The van der Waals surface area contributed by atoms with Crippen LogP contribution in [0.2, 0.25) is 0 Å². The van der Waals surface area contributed by atoms with E-state index in [0.717, 1.165) is 23.7 Å². The number of methoxy groups -OCH3 is 3. The minimum absolute atomic E-state index is 0.00690. The molecule has 0 aliphatic carbocycles. The van der Waals surface area contributed by atoms with E-state index in [9.17, 15) is 28.8 Å². The van der Waals surface area contributed by atoms with Crippen LogP contribution in [-0.2, 0) is 42.9 Å². The molecule has 7 atom stereocenters. The number of esters is 2. The third-order valence-corrected chi connectivity index (χ3v) is 11.6. The standard InChI is InChI=1S/C18H22N4O4.C8H16O4.2C7H16.C6H10O2/c1-19-17(25)14-8-5-11-21-15(23)10-9-13(18(26)22(14)21)20-16(24)12-6-3-2-4-7-12;1-6(5-7(9)10-2)8(11-3)12-4;2*1-5-7(4)6(2)3;1-4-3-6(7)8-5(4)2/h2-4,6-7,13-14H,5,8-11H2,1H3,(H,19,25)(H,20,24);6,8H,5H2,1-4H3;2*6-7H,5H2,1-4H3;4-5H,3H2,1-2H3/t13-,14-;6-;2*7-;4-,5?/m00000/s1. The maximum atomic E-state index is 13.1. The molecule has 14 heteroatoms. The van der Waals surface area contributed by atoms with Gasteiger partial charge in [-0.3, -0.25) is 33.8 Å². The summed E-state index contributed by atoms with van der Waals surface area (Å²) in [6, 6.07) is 7.00. The summed E-state index contributed by atoms with van der Waals surface area (Å²) < 4.78 is 19.3. The molecule has 60 heavy (non-hydrogen) atoms. The van der Waals surface area contributed by atoms with Gasteiger partial charge in [-0.2, -0.15) is 0 Å². The summed E-state index contributed by atoms with van der Waals surface area (Å²) in [5.41, 5.74) is 0.439. The molecule has 0 saturated carbocycles. The first kappa shape index (κ1) is 56.0. The number of rotatable bonds is 12. The van der Waals surface area contributed by atoms with Gasteiger partial charge in [0, 0.05) is 51.6 Å². The van der Waals surface area contributed by atoms with Crippen molar-refractivity contribution in [2.24, 2.45) is 35.5 Å². The number of hydrogen-bond acceptors (Lipinski definition) is 10. The molecule has 4 rings (SSSR count). The predicted molar refractivity (Wildman–Crippen MR) is 234 cm³/mol. The van der Waals surface area contributed by atoms with Gasteiger partial charge in [0.1, 0.15) is 18.2 Å².